The second kappa shape index (κ2) is 16.5. The number of rotatable bonds is 15. The molecule has 0 bridgehead atoms. The lowest BCUT2D eigenvalue weighted by molar-refractivity contribution is -0.696. The molecule has 0 aliphatic rings. The number of aromatic nitrogens is 4. The SMILES string of the molecule is CCCCCCCCc1ccc2oc(-c3ccc(C)s3)nc2c1.Cc1nc2cc(CCC[n+]3ccn(CCCN)c3)ccc2o1. The van der Waals surface area contributed by atoms with Crippen LogP contribution in [0.5, 0.6) is 0 Å². The lowest BCUT2D eigenvalue weighted by Crippen LogP contribution is -2.31. The first-order chi connectivity index (χ1) is 22.0. The Morgan fingerprint density at radius 1 is 0.800 bits per heavy atom. The fourth-order valence-electron chi connectivity index (χ4n) is 5.58. The van der Waals surface area contributed by atoms with Crippen LogP contribution in [0.25, 0.3) is 33.0 Å². The smallest absolute Gasteiger partial charge is 0.243 e. The zero-order chi connectivity index (χ0) is 31.4. The van der Waals surface area contributed by atoms with E-state index in [1.807, 2.05) is 13.0 Å². The summed E-state index contributed by atoms with van der Waals surface area (Å²) in [6, 6.07) is 16.9. The Bertz CT molecular complexity index is 1760. The van der Waals surface area contributed by atoms with Gasteiger partial charge < -0.3 is 14.6 Å². The number of benzene rings is 2. The quantitative estimate of drug-likeness (QED) is 0.0908. The minimum Gasteiger partial charge on any atom is -0.441 e. The molecule has 0 aliphatic heterocycles. The Balaban J connectivity index is 0.000000178. The number of imidazole rings is 1. The molecular formula is C37H48N5O2S+. The third-order valence-electron chi connectivity index (χ3n) is 8.03. The fraction of sp³-hybridized carbons (Fsp3) is 0.432. The molecule has 4 heterocycles. The third kappa shape index (κ3) is 9.62. The van der Waals surface area contributed by atoms with E-state index >= 15 is 0 Å². The normalized spacial score (nSPS) is 11.4. The maximum absolute atomic E-state index is 5.89. The summed E-state index contributed by atoms with van der Waals surface area (Å²) in [5.41, 5.74) is 11.9. The fourth-order valence-corrected chi connectivity index (χ4v) is 6.37. The summed E-state index contributed by atoms with van der Waals surface area (Å²) in [7, 11) is 0. The first-order valence-corrected chi connectivity index (χ1v) is 17.4. The number of unbranched alkanes of at least 4 members (excludes halogenated alkanes) is 5. The second-order valence-electron chi connectivity index (χ2n) is 11.9. The highest BCUT2D eigenvalue weighted by Gasteiger charge is 2.11. The van der Waals surface area contributed by atoms with Gasteiger partial charge in [0.1, 0.15) is 23.4 Å². The maximum atomic E-state index is 5.89. The van der Waals surface area contributed by atoms with Gasteiger partial charge in [-0.1, -0.05) is 51.2 Å². The Hall–Kier alpha value is -3.75. The first kappa shape index (κ1) is 32.6. The molecule has 0 fully saturated rings. The first-order valence-electron chi connectivity index (χ1n) is 16.6. The van der Waals surface area contributed by atoms with Crippen molar-refractivity contribution in [3.63, 3.8) is 0 Å². The van der Waals surface area contributed by atoms with Crippen molar-refractivity contribution in [3.8, 4) is 10.8 Å². The van der Waals surface area contributed by atoms with E-state index in [1.165, 1.54) is 54.5 Å². The van der Waals surface area contributed by atoms with E-state index < -0.39 is 0 Å². The molecule has 2 aromatic carbocycles. The Kier molecular flexibility index (Phi) is 12.0. The predicted molar refractivity (Wildman–Crippen MR) is 185 cm³/mol. The van der Waals surface area contributed by atoms with Crippen molar-refractivity contribution < 1.29 is 13.4 Å². The van der Waals surface area contributed by atoms with Gasteiger partial charge in [-0.2, -0.15) is 0 Å². The van der Waals surface area contributed by atoms with Crippen molar-refractivity contribution in [2.45, 2.75) is 98.1 Å². The van der Waals surface area contributed by atoms with Crippen molar-refractivity contribution in [1.29, 1.82) is 0 Å². The van der Waals surface area contributed by atoms with Crippen LogP contribution in [0, 0.1) is 13.8 Å². The van der Waals surface area contributed by atoms with Crippen LogP contribution in [-0.2, 0) is 25.9 Å². The second-order valence-corrected chi connectivity index (χ2v) is 13.2. The lowest BCUT2D eigenvalue weighted by Gasteiger charge is -2.01. The number of thiophene rings is 1. The van der Waals surface area contributed by atoms with Gasteiger partial charge in [0.05, 0.1) is 18.0 Å². The van der Waals surface area contributed by atoms with Gasteiger partial charge in [-0.05, 0) is 93.1 Å². The molecule has 2 N–H and O–H groups in total. The summed E-state index contributed by atoms with van der Waals surface area (Å²) in [6.07, 6.45) is 18.7. The topological polar surface area (TPSA) is 86.9 Å². The Morgan fingerprint density at radius 2 is 1.51 bits per heavy atom. The van der Waals surface area contributed by atoms with E-state index in [1.54, 1.807) is 11.3 Å². The number of fused-ring (bicyclic) bond motifs is 2. The molecule has 0 atom stereocenters. The molecule has 0 amide bonds. The van der Waals surface area contributed by atoms with Crippen LogP contribution in [0.1, 0.15) is 80.2 Å². The van der Waals surface area contributed by atoms with Gasteiger partial charge in [0.25, 0.3) is 0 Å². The monoisotopic (exact) mass is 626 g/mol. The van der Waals surface area contributed by atoms with Crippen molar-refractivity contribution in [2.24, 2.45) is 5.73 Å². The van der Waals surface area contributed by atoms with E-state index in [0.29, 0.717) is 0 Å². The van der Waals surface area contributed by atoms with Crippen LogP contribution < -0.4 is 10.3 Å². The van der Waals surface area contributed by atoms with Crippen LogP contribution in [0.4, 0.5) is 0 Å². The van der Waals surface area contributed by atoms with E-state index in [0.717, 1.165) is 84.2 Å². The predicted octanol–water partition coefficient (Wildman–Crippen LogP) is 8.97. The minimum atomic E-state index is 0.724. The molecule has 8 heteroatoms. The van der Waals surface area contributed by atoms with E-state index in [2.05, 4.69) is 94.1 Å². The molecule has 7 nitrogen and oxygen atoms in total. The van der Waals surface area contributed by atoms with Gasteiger partial charge in [-0.3, -0.25) is 0 Å². The number of nitrogens with zero attached hydrogens (tertiary/aromatic N) is 4. The average Bonchev–Trinajstić information content (AvgIpc) is 3.84. The standard InChI is InChI=1S/C20H25NOS.C17H23N4O/c1-3-4-5-6-7-8-9-16-11-12-18-17(14-16)21-20(22-18)19-13-10-15(2)23-19;1-14-19-16-12-15(5-6-17(16)22-14)4-2-8-20-10-11-21(13-20)9-3-7-18/h10-14H,3-9H2,1-2H3;5-6,10-13H,2-4,7-9,18H2,1H3/q;+1. The van der Waals surface area contributed by atoms with Crippen molar-refractivity contribution in [3.05, 3.63) is 89.1 Å². The maximum Gasteiger partial charge on any atom is 0.243 e. The Labute approximate surface area is 271 Å². The highest BCUT2D eigenvalue weighted by Crippen LogP contribution is 2.30. The lowest BCUT2D eigenvalue weighted by atomic mass is 10.0. The van der Waals surface area contributed by atoms with Crippen LogP contribution in [0.15, 0.2) is 76.1 Å². The van der Waals surface area contributed by atoms with Crippen LogP contribution in [0.3, 0.4) is 0 Å². The number of aryl methyl sites for hydroxylation is 6. The largest absolute Gasteiger partial charge is 0.441 e. The van der Waals surface area contributed by atoms with Crippen molar-refractivity contribution in [1.82, 2.24) is 14.5 Å². The van der Waals surface area contributed by atoms with Gasteiger partial charge >= 0.3 is 0 Å². The van der Waals surface area contributed by atoms with Crippen LogP contribution >= 0.6 is 11.3 Å². The molecule has 0 unspecified atom stereocenters. The number of hydrogen-bond acceptors (Lipinski definition) is 6. The van der Waals surface area contributed by atoms with Gasteiger partial charge in [0.15, 0.2) is 17.1 Å². The average molecular weight is 627 g/mol. The van der Waals surface area contributed by atoms with Crippen LogP contribution in [0.2, 0.25) is 0 Å². The Morgan fingerprint density at radius 3 is 2.24 bits per heavy atom. The molecule has 0 saturated heterocycles. The summed E-state index contributed by atoms with van der Waals surface area (Å²) in [5.74, 6) is 1.47. The van der Waals surface area contributed by atoms with Gasteiger partial charge in [-0.15, -0.1) is 11.3 Å². The molecule has 0 saturated carbocycles. The van der Waals surface area contributed by atoms with Crippen molar-refractivity contribution >= 4 is 33.5 Å². The summed E-state index contributed by atoms with van der Waals surface area (Å²) >= 11 is 1.73. The summed E-state index contributed by atoms with van der Waals surface area (Å²) in [4.78, 5) is 11.4. The zero-order valence-electron chi connectivity index (χ0n) is 27.1. The summed E-state index contributed by atoms with van der Waals surface area (Å²) in [6.45, 7) is 9.00. The molecule has 238 valence electrons. The molecule has 6 rings (SSSR count). The molecule has 4 aromatic heterocycles. The van der Waals surface area contributed by atoms with E-state index in [-0.39, 0.29) is 0 Å². The molecule has 0 radical (unpaired) electrons. The van der Waals surface area contributed by atoms with Crippen LogP contribution in [-0.4, -0.2) is 21.1 Å². The van der Waals surface area contributed by atoms with Gasteiger partial charge in [-0.25, -0.2) is 19.1 Å². The van der Waals surface area contributed by atoms with E-state index in [9.17, 15) is 0 Å². The van der Waals surface area contributed by atoms with E-state index in [4.69, 9.17) is 14.6 Å². The van der Waals surface area contributed by atoms with Crippen molar-refractivity contribution in [2.75, 3.05) is 6.54 Å². The zero-order valence-corrected chi connectivity index (χ0v) is 28.0. The molecule has 0 aliphatic carbocycles. The number of nitrogens with two attached hydrogens (primary N) is 1. The molecule has 0 spiro atoms. The van der Waals surface area contributed by atoms with Gasteiger partial charge in [0.2, 0.25) is 12.2 Å². The minimum absolute atomic E-state index is 0.724. The molecular weight excluding hydrogens is 579 g/mol. The number of oxazole rings is 2. The van der Waals surface area contributed by atoms with Gasteiger partial charge in [0, 0.05) is 11.8 Å². The molecule has 6 aromatic rings. The summed E-state index contributed by atoms with van der Waals surface area (Å²) < 4.78 is 15.8. The highest BCUT2D eigenvalue weighted by atomic mass is 32.1. The number of hydrogen-bond donors (Lipinski definition) is 1. The summed E-state index contributed by atoms with van der Waals surface area (Å²) in [5, 5.41) is 0. The molecule has 45 heavy (non-hydrogen) atoms. The third-order valence-corrected chi connectivity index (χ3v) is 9.02. The highest BCUT2D eigenvalue weighted by molar-refractivity contribution is 7.15.